The predicted molar refractivity (Wildman–Crippen MR) is 112 cm³/mol. The summed E-state index contributed by atoms with van der Waals surface area (Å²) in [6.07, 6.45) is 3.23. The van der Waals surface area contributed by atoms with Gasteiger partial charge in [-0.25, -0.2) is 0 Å². The standard InChI is InChI=1S/C20H26BrNO3Si/c1-26(2,3)11-10-25-13-22-17-9-4-6-14(12-23)20(24)18(17)15-7-5-8-16(21)19(15)22/h5,7-8,12,23H,4,6,9-11,13H2,1-3H3. The molecule has 0 fully saturated rings. The summed E-state index contributed by atoms with van der Waals surface area (Å²) in [5.41, 5.74) is 3.22. The van der Waals surface area contributed by atoms with E-state index in [1.165, 1.54) is 0 Å². The first-order valence-electron chi connectivity index (χ1n) is 9.09. The van der Waals surface area contributed by atoms with Crippen LogP contribution in [0.5, 0.6) is 0 Å². The Balaban J connectivity index is 2.03. The molecule has 1 heterocycles. The molecule has 2 aromatic rings. The molecule has 140 valence electrons. The highest BCUT2D eigenvalue weighted by Gasteiger charge is 2.28. The number of para-hydroxylation sites is 1. The Labute approximate surface area is 164 Å². The maximum Gasteiger partial charge on any atom is 0.194 e. The molecule has 0 amide bonds. The van der Waals surface area contributed by atoms with Gasteiger partial charge in [0.1, 0.15) is 6.73 Å². The van der Waals surface area contributed by atoms with E-state index in [-0.39, 0.29) is 5.78 Å². The van der Waals surface area contributed by atoms with Crippen molar-refractivity contribution < 1.29 is 14.6 Å². The van der Waals surface area contributed by atoms with E-state index in [4.69, 9.17) is 4.74 Å². The zero-order valence-corrected chi connectivity index (χ0v) is 18.2. The minimum atomic E-state index is -1.14. The fourth-order valence-corrected chi connectivity index (χ4v) is 4.79. The molecule has 1 aliphatic rings. The number of aromatic nitrogens is 1. The number of aliphatic hydroxyl groups excluding tert-OH is 1. The smallest absolute Gasteiger partial charge is 0.194 e. The van der Waals surface area contributed by atoms with Gasteiger partial charge in [0.2, 0.25) is 0 Å². The molecule has 3 rings (SSSR count). The number of ether oxygens (including phenoxy) is 1. The number of carbonyl (C=O) groups is 1. The van der Waals surface area contributed by atoms with Crippen LogP contribution in [-0.2, 0) is 17.9 Å². The molecule has 0 saturated heterocycles. The molecule has 0 bridgehead atoms. The molecule has 26 heavy (non-hydrogen) atoms. The zero-order valence-electron chi connectivity index (χ0n) is 15.6. The third-order valence-electron chi connectivity index (χ3n) is 4.89. The third-order valence-corrected chi connectivity index (χ3v) is 7.24. The number of benzene rings is 1. The molecular formula is C20H26BrNO3Si. The Kier molecular flexibility index (Phi) is 5.74. The van der Waals surface area contributed by atoms with Gasteiger partial charge in [-0.1, -0.05) is 31.8 Å². The van der Waals surface area contributed by atoms with Crippen LogP contribution >= 0.6 is 15.9 Å². The number of allylic oxidation sites excluding steroid dienone is 1. The SMILES string of the molecule is C[Si](C)(C)CCOCn1c2c(c3cccc(Br)c31)C(=O)C(=CO)CCC2. The molecule has 6 heteroatoms. The van der Waals surface area contributed by atoms with Gasteiger partial charge in [-0.05, 0) is 47.3 Å². The number of hydrogen-bond acceptors (Lipinski definition) is 3. The number of carbonyl (C=O) groups excluding carboxylic acids is 1. The summed E-state index contributed by atoms with van der Waals surface area (Å²) in [5, 5.41) is 10.4. The molecule has 4 nitrogen and oxygen atoms in total. The lowest BCUT2D eigenvalue weighted by Crippen LogP contribution is -2.22. The number of ketones is 1. The van der Waals surface area contributed by atoms with Crippen molar-refractivity contribution in [2.45, 2.75) is 51.7 Å². The minimum absolute atomic E-state index is 0.0658. The van der Waals surface area contributed by atoms with Crippen LogP contribution in [0, 0.1) is 0 Å². The first-order valence-corrected chi connectivity index (χ1v) is 13.6. The average Bonchev–Trinajstić information content (AvgIpc) is 2.79. The predicted octanol–water partition coefficient (Wildman–Crippen LogP) is 5.68. The second-order valence-electron chi connectivity index (χ2n) is 8.07. The topological polar surface area (TPSA) is 51.5 Å². The van der Waals surface area contributed by atoms with Crippen LogP contribution in [0.4, 0.5) is 0 Å². The van der Waals surface area contributed by atoms with Crippen molar-refractivity contribution in [2.24, 2.45) is 0 Å². The van der Waals surface area contributed by atoms with E-state index in [1.807, 2.05) is 18.2 Å². The largest absolute Gasteiger partial charge is 0.515 e. The molecule has 0 spiro atoms. The Morgan fingerprint density at radius 2 is 2.08 bits per heavy atom. The van der Waals surface area contributed by atoms with Gasteiger partial charge in [0.05, 0.1) is 17.3 Å². The number of rotatable bonds is 5. The summed E-state index contributed by atoms with van der Waals surface area (Å²) in [6, 6.07) is 7.04. The molecule has 1 N–H and O–H groups in total. The maximum absolute atomic E-state index is 13.0. The average molecular weight is 436 g/mol. The summed E-state index contributed by atoms with van der Waals surface area (Å²) in [4.78, 5) is 13.0. The van der Waals surface area contributed by atoms with E-state index in [1.54, 1.807) is 0 Å². The number of aliphatic hydroxyl groups is 1. The molecule has 1 aliphatic carbocycles. The molecular weight excluding hydrogens is 410 g/mol. The molecule has 0 atom stereocenters. The Morgan fingerprint density at radius 1 is 1.31 bits per heavy atom. The monoisotopic (exact) mass is 435 g/mol. The van der Waals surface area contributed by atoms with Gasteiger partial charge in [-0.2, -0.15) is 0 Å². The van der Waals surface area contributed by atoms with Crippen molar-refractivity contribution in [1.82, 2.24) is 4.57 Å². The Hall–Kier alpha value is -1.37. The van der Waals surface area contributed by atoms with Crippen molar-refractivity contribution in [1.29, 1.82) is 0 Å². The highest BCUT2D eigenvalue weighted by Crippen LogP contribution is 2.36. The van der Waals surface area contributed by atoms with Crippen molar-refractivity contribution >= 4 is 40.7 Å². The van der Waals surface area contributed by atoms with E-state index in [2.05, 4.69) is 40.1 Å². The summed E-state index contributed by atoms with van der Waals surface area (Å²) < 4.78 is 9.11. The zero-order chi connectivity index (χ0) is 18.9. The van der Waals surface area contributed by atoms with Crippen molar-refractivity contribution in [3.05, 3.63) is 45.8 Å². The first kappa shape index (κ1) is 19.4. The Morgan fingerprint density at radius 3 is 2.77 bits per heavy atom. The molecule has 0 aliphatic heterocycles. The number of halogens is 1. The molecule has 1 aromatic carbocycles. The van der Waals surface area contributed by atoms with Gasteiger partial charge in [-0.3, -0.25) is 4.79 Å². The second-order valence-corrected chi connectivity index (χ2v) is 14.5. The van der Waals surface area contributed by atoms with Crippen LogP contribution in [-0.4, -0.2) is 30.1 Å². The lowest BCUT2D eigenvalue weighted by Gasteiger charge is -2.17. The van der Waals surface area contributed by atoms with Crippen LogP contribution in [0.15, 0.2) is 34.5 Å². The van der Waals surface area contributed by atoms with Gasteiger partial charge in [0, 0.05) is 35.8 Å². The summed E-state index contributed by atoms with van der Waals surface area (Å²) in [7, 11) is -1.14. The van der Waals surface area contributed by atoms with E-state index in [0.717, 1.165) is 52.8 Å². The number of Topliss-reactive ketones (excluding diaryl/α,β-unsaturated/α-hetero) is 1. The van der Waals surface area contributed by atoms with E-state index < -0.39 is 8.07 Å². The fraction of sp³-hybridized carbons (Fsp3) is 0.450. The highest BCUT2D eigenvalue weighted by molar-refractivity contribution is 9.10. The molecule has 0 radical (unpaired) electrons. The Bertz CT molecular complexity index is 864. The van der Waals surface area contributed by atoms with E-state index >= 15 is 0 Å². The summed E-state index contributed by atoms with van der Waals surface area (Å²) in [6.45, 7) is 8.21. The highest BCUT2D eigenvalue weighted by atomic mass is 79.9. The van der Waals surface area contributed by atoms with Gasteiger partial charge in [-0.15, -0.1) is 0 Å². The minimum Gasteiger partial charge on any atom is -0.515 e. The lowest BCUT2D eigenvalue weighted by atomic mass is 10.0. The van der Waals surface area contributed by atoms with Crippen LogP contribution in [0.1, 0.15) is 28.9 Å². The van der Waals surface area contributed by atoms with E-state index in [0.29, 0.717) is 24.3 Å². The lowest BCUT2D eigenvalue weighted by molar-refractivity contribution is 0.0881. The maximum atomic E-state index is 13.0. The van der Waals surface area contributed by atoms with Crippen LogP contribution < -0.4 is 0 Å². The van der Waals surface area contributed by atoms with E-state index in [9.17, 15) is 9.90 Å². The van der Waals surface area contributed by atoms with Crippen molar-refractivity contribution in [3.63, 3.8) is 0 Å². The molecule has 0 saturated carbocycles. The van der Waals surface area contributed by atoms with Gasteiger partial charge in [0.15, 0.2) is 5.78 Å². The number of nitrogens with zero attached hydrogens (tertiary/aromatic N) is 1. The third kappa shape index (κ3) is 3.82. The molecule has 1 aromatic heterocycles. The van der Waals surface area contributed by atoms with Crippen molar-refractivity contribution in [3.8, 4) is 0 Å². The normalized spacial score (nSPS) is 16.9. The molecule has 0 unspecified atom stereocenters. The van der Waals surface area contributed by atoms with Gasteiger partial charge >= 0.3 is 0 Å². The van der Waals surface area contributed by atoms with Crippen LogP contribution in [0.25, 0.3) is 10.9 Å². The van der Waals surface area contributed by atoms with Crippen LogP contribution in [0.2, 0.25) is 25.7 Å². The number of fused-ring (bicyclic) bond motifs is 3. The summed E-state index contributed by atoms with van der Waals surface area (Å²) >= 11 is 3.64. The quantitative estimate of drug-likeness (QED) is 0.216. The van der Waals surface area contributed by atoms with Crippen molar-refractivity contribution in [2.75, 3.05) is 6.61 Å². The second kappa shape index (κ2) is 7.70. The number of hydrogen-bond donors (Lipinski definition) is 1. The summed E-state index contributed by atoms with van der Waals surface area (Å²) in [5.74, 6) is -0.0658. The van der Waals surface area contributed by atoms with Gasteiger partial charge in [0.25, 0.3) is 0 Å². The van der Waals surface area contributed by atoms with Crippen LogP contribution in [0.3, 0.4) is 0 Å². The van der Waals surface area contributed by atoms with Gasteiger partial charge < -0.3 is 14.4 Å². The first-order chi connectivity index (χ1) is 12.3. The fourth-order valence-electron chi connectivity index (χ4n) is 3.45.